The molecule has 2 heterocycles. The van der Waals surface area contributed by atoms with Crippen LogP contribution in [0.25, 0.3) is 11.1 Å². The molecule has 1 saturated carbocycles. The number of hydrogen-bond donors (Lipinski definition) is 1. The fourth-order valence-electron chi connectivity index (χ4n) is 4.16. The van der Waals surface area contributed by atoms with Crippen molar-refractivity contribution in [2.24, 2.45) is 0 Å². The Hall–Kier alpha value is -2.76. The van der Waals surface area contributed by atoms with Crippen LogP contribution in [0.5, 0.6) is 17.2 Å². The Kier molecular flexibility index (Phi) is 6.30. The number of aromatic nitrogens is 1. The third-order valence-electron chi connectivity index (χ3n) is 5.53. The molecule has 158 valence electrons. The first kappa shape index (κ1) is 21.0. The summed E-state index contributed by atoms with van der Waals surface area (Å²) in [5, 5.41) is 2.95. The molecular formula is C23H32N2O4. The first-order valence-corrected chi connectivity index (χ1v) is 10.2. The summed E-state index contributed by atoms with van der Waals surface area (Å²) in [7, 11) is 4.77. The van der Waals surface area contributed by atoms with E-state index < -0.39 is 5.41 Å². The number of ether oxygens (including phenoxy) is 3. The summed E-state index contributed by atoms with van der Waals surface area (Å²) >= 11 is 0. The zero-order valence-electron chi connectivity index (χ0n) is 17.9. The Morgan fingerprint density at radius 2 is 1.59 bits per heavy atom. The van der Waals surface area contributed by atoms with Gasteiger partial charge in [-0.3, -0.25) is 4.79 Å². The summed E-state index contributed by atoms with van der Waals surface area (Å²) in [6.07, 6.45) is 6.93. The molecule has 1 spiro atoms. The first-order chi connectivity index (χ1) is 14.0. The van der Waals surface area contributed by atoms with Crippen LogP contribution in [0.3, 0.4) is 0 Å². The lowest BCUT2D eigenvalue weighted by atomic mass is 9.80. The first-order valence-electron chi connectivity index (χ1n) is 10.2. The van der Waals surface area contributed by atoms with Crippen molar-refractivity contribution < 1.29 is 20.4 Å². The van der Waals surface area contributed by atoms with Gasteiger partial charge in [0.2, 0.25) is 11.7 Å². The molecule has 0 radical (unpaired) electrons. The number of hydrogen-bond acceptors (Lipinski definition) is 5. The molecule has 1 aliphatic carbocycles. The molecule has 1 aromatic heterocycles. The third kappa shape index (κ3) is 3.63. The van der Waals surface area contributed by atoms with Crippen LogP contribution < -0.4 is 19.5 Å². The fourth-order valence-corrected chi connectivity index (χ4v) is 4.16. The van der Waals surface area contributed by atoms with E-state index in [0.29, 0.717) is 23.1 Å². The lowest BCUT2D eigenvalue weighted by molar-refractivity contribution is -0.120. The van der Waals surface area contributed by atoms with Crippen molar-refractivity contribution in [3.63, 3.8) is 0 Å². The molecule has 0 saturated heterocycles. The summed E-state index contributed by atoms with van der Waals surface area (Å²) in [6, 6.07) is 5.87. The Morgan fingerprint density at radius 3 is 2.10 bits per heavy atom. The van der Waals surface area contributed by atoms with Gasteiger partial charge in [0.25, 0.3) is 0 Å². The molecule has 1 N–H and O–H groups in total. The molecule has 1 fully saturated rings. The highest BCUT2D eigenvalue weighted by molar-refractivity contribution is 6.05. The van der Waals surface area contributed by atoms with Crippen LogP contribution >= 0.6 is 0 Å². The highest BCUT2D eigenvalue weighted by Crippen LogP contribution is 2.49. The van der Waals surface area contributed by atoms with E-state index in [-0.39, 0.29) is 7.33 Å². The second kappa shape index (κ2) is 8.72. The monoisotopic (exact) mass is 400 g/mol. The molecule has 1 aliphatic heterocycles. The van der Waals surface area contributed by atoms with E-state index in [2.05, 4.69) is 30.2 Å². The number of fused-ring (bicyclic) bond motifs is 2. The molecule has 0 bridgehead atoms. The topological polar surface area (TPSA) is 69.7 Å². The second-order valence-electron chi connectivity index (χ2n) is 7.48. The van der Waals surface area contributed by atoms with E-state index >= 15 is 0 Å². The van der Waals surface area contributed by atoms with Gasteiger partial charge in [0.05, 0.1) is 26.7 Å². The highest BCUT2D eigenvalue weighted by atomic mass is 16.5. The maximum absolute atomic E-state index is 12.6. The Balaban J connectivity index is 0.000000757. The van der Waals surface area contributed by atoms with E-state index in [1.165, 1.54) is 6.42 Å². The molecule has 4 rings (SSSR count). The van der Waals surface area contributed by atoms with Crippen LogP contribution in [0.4, 0.5) is 5.82 Å². The van der Waals surface area contributed by atoms with Gasteiger partial charge in [0.15, 0.2) is 11.5 Å². The molecule has 6 nitrogen and oxygen atoms in total. The van der Waals surface area contributed by atoms with Gasteiger partial charge in [0.1, 0.15) is 5.82 Å². The van der Waals surface area contributed by atoms with Gasteiger partial charge in [-0.1, -0.05) is 33.1 Å². The van der Waals surface area contributed by atoms with Gasteiger partial charge in [-0.25, -0.2) is 4.98 Å². The summed E-state index contributed by atoms with van der Waals surface area (Å²) in [6.45, 7) is 4.25. The fraction of sp³-hybridized carbons (Fsp3) is 0.478. The van der Waals surface area contributed by atoms with Crippen LogP contribution in [-0.4, -0.2) is 32.2 Å². The lowest BCUT2D eigenvalue weighted by Crippen LogP contribution is -2.30. The SMILES string of the molecule is CCC.COc1cc(-c2cnc3c(c2)C2(CCCC2)C(=O)N3)cc(OC)c1OC.[HH]. The molecule has 6 heteroatoms. The second-order valence-corrected chi connectivity index (χ2v) is 7.48. The Morgan fingerprint density at radius 1 is 1.00 bits per heavy atom. The number of amides is 1. The zero-order valence-corrected chi connectivity index (χ0v) is 17.9. The smallest absolute Gasteiger partial charge is 0.236 e. The number of pyridine rings is 1. The van der Waals surface area contributed by atoms with Crippen LogP contribution in [-0.2, 0) is 10.2 Å². The van der Waals surface area contributed by atoms with Crippen molar-refractivity contribution in [2.45, 2.75) is 51.4 Å². The number of methoxy groups -OCH3 is 3. The van der Waals surface area contributed by atoms with Crippen LogP contribution in [0.1, 0.15) is 52.9 Å². The standard InChI is InChI=1S/C20H22N2O4.C3H8.H2/c1-24-15-9-12(10-16(25-2)17(15)26-3)13-8-14-18(21-11-13)22-19(23)20(14)6-4-5-7-20;1-3-2;/h8-11H,4-7H2,1-3H3,(H,21,22,23);3H2,1-2H3;1H. The van der Waals surface area contributed by atoms with Crippen LogP contribution in [0.15, 0.2) is 24.4 Å². The van der Waals surface area contributed by atoms with Gasteiger partial charge < -0.3 is 19.5 Å². The lowest BCUT2D eigenvalue weighted by Gasteiger charge is -2.21. The normalized spacial score (nSPS) is 16.0. The van der Waals surface area contributed by atoms with E-state index in [9.17, 15) is 4.79 Å². The Labute approximate surface area is 174 Å². The number of benzene rings is 1. The van der Waals surface area contributed by atoms with E-state index in [1.807, 2.05) is 12.1 Å². The molecule has 0 atom stereocenters. The van der Waals surface area contributed by atoms with E-state index in [4.69, 9.17) is 14.2 Å². The molecular weight excluding hydrogens is 368 g/mol. The van der Waals surface area contributed by atoms with Crippen molar-refractivity contribution in [2.75, 3.05) is 26.6 Å². The van der Waals surface area contributed by atoms with Gasteiger partial charge in [-0.15, -0.1) is 0 Å². The number of carbonyl (C=O) groups excluding carboxylic acids is 1. The minimum absolute atomic E-state index is 0. The molecule has 29 heavy (non-hydrogen) atoms. The van der Waals surface area contributed by atoms with Gasteiger partial charge >= 0.3 is 0 Å². The molecule has 1 amide bonds. The van der Waals surface area contributed by atoms with Crippen molar-refractivity contribution in [1.29, 1.82) is 0 Å². The minimum atomic E-state index is -0.418. The van der Waals surface area contributed by atoms with Crippen molar-refractivity contribution >= 4 is 11.7 Å². The predicted octanol–water partition coefficient (Wildman–Crippen LogP) is 5.20. The summed E-state index contributed by atoms with van der Waals surface area (Å²) in [5.41, 5.74) is 2.42. The number of nitrogens with zero attached hydrogens (tertiary/aromatic N) is 1. The zero-order chi connectivity index (χ0) is 21.0. The number of rotatable bonds is 4. The number of anilines is 1. The minimum Gasteiger partial charge on any atom is -0.493 e. The maximum atomic E-state index is 12.6. The van der Waals surface area contributed by atoms with Crippen LogP contribution in [0.2, 0.25) is 0 Å². The largest absolute Gasteiger partial charge is 0.493 e. The van der Waals surface area contributed by atoms with E-state index in [1.54, 1.807) is 27.5 Å². The predicted molar refractivity (Wildman–Crippen MR) is 116 cm³/mol. The molecule has 1 aromatic carbocycles. The molecule has 2 aromatic rings. The number of nitrogens with one attached hydrogen (secondary N) is 1. The molecule has 0 unspecified atom stereocenters. The maximum Gasteiger partial charge on any atom is 0.236 e. The summed E-state index contributed by atoms with van der Waals surface area (Å²) in [4.78, 5) is 17.1. The van der Waals surface area contributed by atoms with E-state index in [0.717, 1.165) is 42.4 Å². The number of carbonyl (C=O) groups is 1. The van der Waals surface area contributed by atoms with Crippen molar-refractivity contribution in [1.82, 2.24) is 4.98 Å². The van der Waals surface area contributed by atoms with Crippen molar-refractivity contribution in [3.05, 3.63) is 30.0 Å². The average molecular weight is 401 g/mol. The summed E-state index contributed by atoms with van der Waals surface area (Å²) < 4.78 is 16.3. The highest BCUT2D eigenvalue weighted by Gasteiger charge is 2.49. The van der Waals surface area contributed by atoms with Gasteiger partial charge in [0, 0.05) is 18.8 Å². The third-order valence-corrected chi connectivity index (χ3v) is 5.53. The van der Waals surface area contributed by atoms with Crippen molar-refractivity contribution in [3.8, 4) is 28.4 Å². The molecule has 2 aliphatic rings. The summed E-state index contributed by atoms with van der Waals surface area (Å²) in [5.74, 6) is 2.50. The quantitative estimate of drug-likeness (QED) is 0.764. The van der Waals surface area contributed by atoms with Gasteiger partial charge in [-0.2, -0.15) is 0 Å². The average Bonchev–Trinajstić information content (AvgIpc) is 3.34. The Bertz CT molecular complexity index is 870. The van der Waals surface area contributed by atoms with Crippen LogP contribution in [0, 0.1) is 0 Å². The van der Waals surface area contributed by atoms with Gasteiger partial charge in [-0.05, 0) is 36.6 Å².